The molecule has 2 unspecified atom stereocenters. The first kappa shape index (κ1) is 16.9. The van der Waals surface area contributed by atoms with Crippen LogP contribution < -0.4 is 0 Å². The summed E-state index contributed by atoms with van der Waals surface area (Å²) in [5, 5.41) is 0.540. The Labute approximate surface area is 108 Å². The van der Waals surface area contributed by atoms with Gasteiger partial charge in [-0.1, -0.05) is 66.9 Å². The van der Waals surface area contributed by atoms with Crippen LogP contribution in [0.15, 0.2) is 0 Å². The van der Waals surface area contributed by atoms with E-state index >= 15 is 0 Å². The Morgan fingerprint density at radius 3 is 1.50 bits per heavy atom. The third-order valence-corrected chi connectivity index (χ3v) is 22.0. The van der Waals surface area contributed by atoms with Crippen LogP contribution in [-0.2, 0) is 0 Å². The van der Waals surface area contributed by atoms with Gasteiger partial charge in [-0.05, 0) is 15.9 Å². The molecule has 0 heterocycles. The first-order valence-electron chi connectivity index (χ1n) is 6.57. The van der Waals surface area contributed by atoms with Crippen LogP contribution in [0.3, 0.4) is 0 Å². The first-order chi connectivity index (χ1) is 6.87. The summed E-state index contributed by atoms with van der Waals surface area (Å²) in [5.74, 6) is 0. The van der Waals surface area contributed by atoms with Crippen LogP contribution in [0, 0.1) is 0 Å². The highest BCUT2D eigenvalue weighted by molar-refractivity contribution is 7.19. The van der Waals surface area contributed by atoms with Gasteiger partial charge in [-0.15, -0.1) is 9.24 Å². The van der Waals surface area contributed by atoms with E-state index in [0.29, 0.717) is 9.70 Å². The van der Waals surface area contributed by atoms with Gasteiger partial charge in [-0.2, -0.15) is 0 Å². The molecular weight excluding hydrogens is 243 g/mol. The van der Waals surface area contributed by atoms with E-state index in [1.807, 2.05) is 0 Å². The molecule has 0 bridgehead atoms. The van der Waals surface area contributed by atoms with E-state index in [9.17, 15) is 0 Å². The summed E-state index contributed by atoms with van der Waals surface area (Å²) >= 11 is 0. The quantitative estimate of drug-likeness (QED) is 0.466. The Bertz CT molecular complexity index is 241. The second-order valence-electron chi connectivity index (χ2n) is 7.65. The lowest BCUT2D eigenvalue weighted by Crippen LogP contribution is -2.60. The van der Waals surface area contributed by atoms with Crippen molar-refractivity contribution >= 4 is 25.4 Å². The topological polar surface area (TPSA) is 0 Å². The number of hydrogen-bond donors (Lipinski definition) is 0. The van der Waals surface area contributed by atoms with Crippen molar-refractivity contribution in [1.29, 1.82) is 0 Å². The molecule has 0 aromatic carbocycles. The molecule has 0 saturated heterocycles. The minimum Gasteiger partial charge on any atom is -0.138 e. The van der Waals surface area contributed by atoms with Gasteiger partial charge in [0.25, 0.3) is 0 Å². The highest BCUT2D eigenvalue weighted by Gasteiger charge is 2.55. The van der Waals surface area contributed by atoms with Crippen molar-refractivity contribution in [2.45, 2.75) is 76.6 Å². The van der Waals surface area contributed by atoms with Gasteiger partial charge in [0.15, 0.2) is 0 Å². The van der Waals surface area contributed by atoms with E-state index < -0.39 is 16.1 Å². The van der Waals surface area contributed by atoms with Gasteiger partial charge < -0.3 is 0 Å². The molecule has 0 spiro atoms. The molecule has 0 radical (unpaired) electrons. The summed E-state index contributed by atoms with van der Waals surface area (Å²) in [6.07, 6.45) is 2.60. The molecular formula is C13H33PSi2. The number of hydrogen-bond acceptors (Lipinski definition) is 0. The molecule has 0 nitrogen and oxygen atoms in total. The third kappa shape index (κ3) is 2.49. The van der Waals surface area contributed by atoms with Crippen molar-refractivity contribution in [2.24, 2.45) is 0 Å². The van der Waals surface area contributed by atoms with Crippen LogP contribution in [0.5, 0.6) is 0 Å². The SMILES string of the molecule is CCC(C)(C)[Si](C)(C)C(C)(CP)[Si](C)(C)C. The van der Waals surface area contributed by atoms with E-state index in [-0.39, 0.29) is 0 Å². The first-order valence-corrected chi connectivity index (χ1v) is 13.9. The zero-order valence-corrected chi connectivity index (χ0v) is 16.1. The molecule has 98 valence electrons. The smallest absolute Gasteiger partial charge is 0.0566 e. The minimum absolute atomic E-state index is 0.540. The Morgan fingerprint density at radius 2 is 1.31 bits per heavy atom. The maximum Gasteiger partial charge on any atom is 0.0566 e. The molecule has 0 rings (SSSR count). The second kappa shape index (κ2) is 4.86. The lowest BCUT2D eigenvalue weighted by molar-refractivity contribution is 0.592. The fourth-order valence-corrected chi connectivity index (χ4v) is 18.1. The van der Waals surface area contributed by atoms with Gasteiger partial charge in [-0.3, -0.25) is 0 Å². The summed E-state index contributed by atoms with van der Waals surface area (Å²) in [6.45, 7) is 22.8. The van der Waals surface area contributed by atoms with Crippen LogP contribution in [0.25, 0.3) is 0 Å². The van der Waals surface area contributed by atoms with Crippen molar-refractivity contribution in [2.75, 3.05) is 6.16 Å². The van der Waals surface area contributed by atoms with Crippen molar-refractivity contribution in [3.05, 3.63) is 0 Å². The standard InChI is InChI=1S/C13H33PSi2/c1-10-12(2,3)16(8,9)13(4,11-14)15(5,6)7/h10-11,14H2,1-9H3. The predicted octanol–water partition coefficient (Wildman–Crippen LogP) is 5.40. The van der Waals surface area contributed by atoms with Crippen LogP contribution in [0.1, 0.15) is 34.1 Å². The molecule has 0 aliphatic heterocycles. The summed E-state index contributed by atoms with van der Waals surface area (Å²) < 4.78 is 0.601. The molecule has 0 amide bonds. The molecule has 16 heavy (non-hydrogen) atoms. The molecule has 0 saturated carbocycles. The fourth-order valence-electron chi connectivity index (χ4n) is 2.69. The average Bonchev–Trinajstić information content (AvgIpc) is 2.14. The average molecular weight is 277 g/mol. The molecule has 0 aromatic rings. The monoisotopic (exact) mass is 276 g/mol. The fraction of sp³-hybridized carbons (Fsp3) is 1.00. The zero-order valence-electron chi connectivity index (χ0n) is 13.0. The summed E-state index contributed by atoms with van der Waals surface area (Å²) in [4.78, 5) is 0. The van der Waals surface area contributed by atoms with Gasteiger partial charge in [0.2, 0.25) is 0 Å². The molecule has 0 N–H and O–H groups in total. The van der Waals surface area contributed by atoms with Crippen LogP contribution in [0.4, 0.5) is 0 Å². The van der Waals surface area contributed by atoms with E-state index in [1.54, 1.807) is 0 Å². The van der Waals surface area contributed by atoms with Crippen molar-refractivity contribution in [3.63, 3.8) is 0 Å². The lowest BCUT2D eigenvalue weighted by Gasteiger charge is -2.57. The van der Waals surface area contributed by atoms with Crippen molar-refractivity contribution in [3.8, 4) is 0 Å². The maximum absolute atomic E-state index is 3.05. The van der Waals surface area contributed by atoms with Gasteiger partial charge >= 0.3 is 0 Å². The molecule has 0 aliphatic rings. The molecule has 0 fully saturated rings. The number of rotatable bonds is 5. The largest absolute Gasteiger partial charge is 0.138 e. The van der Waals surface area contributed by atoms with Crippen LogP contribution in [0.2, 0.25) is 42.4 Å². The Hall–Kier alpha value is 0.864. The Morgan fingerprint density at radius 1 is 0.938 bits per heavy atom. The van der Waals surface area contributed by atoms with Crippen LogP contribution in [-0.4, -0.2) is 22.3 Å². The predicted molar refractivity (Wildman–Crippen MR) is 88.1 cm³/mol. The lowest BCUT2D eigenvalue weighted by atomic mass is 10.1. The second-order valence-corrected chi connectivity index (χ2v) is 19.9. The molecule has 0 aromatic heterocycles. The molecule has 0 aliphatic carbocycles. The van der Waals surface area contributed by atoms with E-state index in [2.05, 4.69) is 69.7 Å². The third-order valence-electron chi connectivity index (χ3n) is 6.02. The molecule has 2 atom stereocenters. The van der Waals surface area contributed by atoms with Crippen LogP contribution >= 0.6 is 9.24 Å². The summed E-state index contributed by atoms with van der Waals surface area (Å²) in [6, 6.07) is 0. The highest BCUT2D eigenvalue weighted by atomic mass is 31.0. The van der Waals surface area contributed by atoms with Crippen molar-refractivity contribution < 1.29 is 0 Å². The molecule has 3 heteroatoms. The van der Waals surface area contributed by atoms with Gasteiger partial charge in [0.05, 0.1) is 8.07 Å². The zero-order chi connectivity index (χ0) is 13.4. The minimum atomic E-state index is -1.28. The Kier molecular flexibility index (Phi) is 5.12. The van der Waals surface area contributed by atoms with E-state index in [1.165, 1.54) is 12.6 Å². The van der Waals surface area contributed by atoms with Gasteiger partial charge in [-0.25, -0.2) is 0 Å². The summed E-state index contributed by atoms with van der Waals surface area (Å²) in [7, 11) is 0.636. The normalized spacial score (nSPS) is 18.4. The maximum atomic E-state index is 3.05. The van der Waals surface area contributed by atoms with Gasteiger partial charge in [0.1, 0.15) is 0 Å². The van der Waals surface area contributed by atoms with E-state index in [4.69, 9.17) is 0 Å². The van der Waals surface area contributed by atoms with Crippen molar-refractivity contribution in [1.82, 2.24) is 0 Å². The Balaban J connectivity index is 5.58. The van der Waals surface area contributed by atoms with Gasteiger partial charge in [0, 0.05) is 8.07 Å². The highest BCUT2D eigenvalue weighted by Crippen LogP contribution is 2.58. The van der Waals surface area contributed by atoms with E-state index in [0.717, 1.165) is 0 Å². The summed E-state index contributed by atoms with van der Waals surface area (Å²) in [5.41, 5.74) is 0.